The van der Waals surface area contributed by atoms with E-state index in [9.17, 15) is 8.78 Å². The Morgan fingerprint density at radius 1 is 0.521 bits per heavy atom. The minimum Gasteiger partial charge on any atom is -0.456 e. The van der Waals surface area contributed by atoms with Gasteiger partial charge in [0.1, 0.15) is 22.8 Å². The molecular weight excluding hydrogens is 594 g/mol. The summed E-state index contributed by atoms with van der Waals surface area (Å²) in [7, 11) is 0. The Bertz CT molecular complexity index is 2530. The van der Waals surface area contributed by atoms with Gasteiger partial charge in [0.2, 0.25) is 0 Å². The lowest BCUT2D eigenvalue weighted by Gasteiger charge is -2.17. The molecule has 0 fully saturated rings. The number of hydrogen-bond acceptors (Lipinski definition) is 1. The molecule has 0 bridgehead atoms. The molecule has 0 spiro atoms. The average Bonchev–Trinajstić information content (AvgIpc) is 3.48. The highest BCUT2D eigenvalue weighted by molar-refractivity contribution is 6.22. The molecule has 0 amide bonds. The molecule has 8 aromatic rings. The summed E-state index contributed by atoms with van der Waals surface area (Å²) in [5, 5.41) is 6.83. The Hall–Kier alpha value is -6.06. The second-order valence-corrected chi connectivity index (χ2v) is 12.1. The van der Waals surface area contributed by atoms with E-state index in [1.165, 1.54) is 50.4 Å². The van der Waals surface area contributed by atoms with Crippen LogP contribution >= 0.6 is 0 Å². The maximum atomic E-state index is 13.8. The number of fused-ring (bicyclic) bond motifs is 5. The van der Waals surface area contributed by atoms with E-state index in [2.05, 4.69) is 110 Å². The van der Waals surface area contributed by atoms with Crippen LogP contribution in [-0.4, -0.2) is 0 Å². The van der Waals surface area contributed by atoms with Crippen molar-refractivity contribution in [2.24, 2.45) is 0 Å². The molecule has 48 heavy (non-hydrogen) atoms. The van der Waals surface area contributed by atoms with Crippen molar-refractivity contribution in [2.45, 2.75) is 6.92 Å². The highest BCUT2D eigenvalue weighted by Crippen LogP contribution is 2.44. The fourth-order valence-corrected chi connectivity index (χ4v) is 6.84. The largest absolute Gasteiger partial charge is 0.456 e. The van der Waals surface area contributed by atoms with Gasteiger partial charge in [-0.2, -0.15) is 0 Å². The average molecular weight is 625 g/mol. The number of allylic oxidation sites excluding steroid dienone is 5. The maximum absolute atomic E-state index is 13.8. The molecule has 0 saturated heterocycles. The van der Waals surface area contributed by atoms with Crippen LogP contribution in [0.2, 0.25) is 0 Å². The lowest BCUT2D eigenvalue weighted by Crippen LogP contribution is -1.90. The highest BCUT2D eigenvalue weighted by Gasteiger charge is 2.18. The SMILES string of the molecule is C=C/C(=C\C=C(/C)c1cc(F)cc(F)c1)c1ccc2oc3ccc(-c4c5ccccc5c(-c5ccccc5)c5ccccc45)cc3c2c1. The summed E-state index contributed by atoms with van der Waals surface area (Å²) < 4.78 is 34.0. The Kier molecular flexibility index (Phi) is 7.30. The van der Waals surface area contributed by atoms with Gasteiger partial charge in [0.25, 0.3) is 0 Å². The Morgan fingerprint density at radius 3 is 1.67 bits per heavy atom. The number of halogens is 2. The predicted octanol–water partition coefficient (Wildman–Crippen LogP) is 13.2. The summed E-state index contributed by atoms with van der Waals surface area (Å²) in [6.07, 6.45) is 5.57. The van der Waals surface area contributed by atoms with Crippen molar-refractivity contribution in [2.75, 3.05) is 0 Å². The van der Waals surface area contributed by atoms with Crippen molar-refractivity contribution >= 4 is 54.6 Å². The molecule has 8 rings (SSSR count). The summed E-state index contributed by atoms with van der Waals surface area (Å²) in [4.78, 5) is 0. The van der Waals surface area contributed by atoms with E-state index in [1.54, 1.807) is 6.08 Å². The first-order valence-corrected chi connectivity index (χ1v) is 15.9. The van der Waals surface area contributed by atoms with Gasteiger partial charge in [-0.1, -0.05) is 116 Å². The van der Waals surface area contributed by atoms with Gasteiger partial charge in [-0.25, -0.2) is 8.78 Å². The monoisotopic (exact) mass is 624 g/mol. The van der Waals surface area contributed by atoms with Gasteiger partial charge in [0.15, 0.2) is 0 Å². The Morgan fingerprint density at radius 2 is 1.06 bits per heavy atom. The van der Waals surface area contributed by atoms with E-state index in [-0.39, 0.29) is 0 Å². The number of benzene rings is 7. The molecule has 0 aliphatic heterocycles. The molecule has 0 saturated carbocycles. The van der Waals surface area contributed by atoms with Crippen LogP contribution in [0.1, 0.15) is 18.1 Å². The van der Waals surface area contributed by atoms with Crippen LogP contribution in [0.3, 0.4) is 0 Å². The second-order valence-electron chi connectivity index (χ2n) is 12.1. The van der Waals surface area contributed by atoms with Crippen LogP contribution in [-0.2, 0) is 0 Å². The van der Waals surface area contributed by atoms with Crippen LogP contribution in [0.5, 0.6) is 0 Å². The van der Waals surface area contributed by atoms with Crippen molar-refractivity contribution < 1.29 is 13.2 Å². The lowest BCUT2D eigenvalue weighted by molar-refractivity contribution is 0.582. The number of rotatable bonds is 6. The van der Waals surface area contributed by atoms with Gasteiger partial charge in [-0.15, -0.1) is 0 Å². The van der Waals surface area contributed by atoms with Gasteiger partial charge < -0.3 is 4.42 Å². The molecule has 0 N–H and O–H groups in total. The fourth-order valence-electron chi connectivity index (χ4n) is 6.84. The summed E-state index contributed by atoms with van der Waals surface area (Å²) in [6, 6.07) is 44.0. The van der Waals surface area contributed by atoms with E-state index in [1.807, 2.05) is 31.2 Å². The third kappa shape index (κ3) is 5.10. The molecule has 1 aromatic heterocycles. The molecule has 0 radical (unpaired) electrons. The van der Waals surface area contributed by atoms with Gasteiger partial charge >= 0.3 is 0 Å². The first-order valence-electron chi connectivity index (χ1n) is 15.9. The number of furan rings is 1. The van der Waals surface area contributed by atoms with Gasteiger partial charge in [-0.05, 0) is 109 Å². The van der Waals surface area contributed by atoms with Crippen molar-refractivity contribution in [1.29, 1.82) is 0 Å². The third-order valence-corrected chi connectivity index (χ3v) is 9.14. The quantitative estimate of drug-likeness (QED) is 0.133. The van der Waals surface area contributed by atoms with Crippen molar-refractivity contribution in [3.63, 3.8) is 0 Å². The van der Waals surface area contributed by atoms with E-state index >= 15 is 0 Å². The van der Waals surface area contributed by atoms with E-state index in [0.717, 1.165) is 50.3 Å². The molecule has 0 aliphatic rings. The summed E-state index contributed by atoms with van der Waals surface area (Å²) >= 11 is 0. The molecule has 7 aromatic carbocycles. The maximum Gasteiger partial charge on any atom is 0.135 e. The predicted molar refractivity (Wildman–Crippen MR) is 198 cm³/mol. The van der Waals surface area contributed by atoms with Crippen LogP contribution in [0, 0.1) is 11.6 Å². The van der Waals surface area contributed by atoms with E-state index in [0.29, 0.717) is 5.56 Å². The van der Waals surface area contributed by atoms with Gasteiger partial charge in [-0.3, -0.25) is 0 Å². The number of hydrogen-bond donors (Lipinski definition) is 0. The van der Waals surface area contributed by atoms with Crippen LogP contribution < -0.4 is 0 Å². The fraction of sp³-hybridized carbons (Fsp3) is 0.0222. The molecule has 1 heterocycles. The second kappa shape index (κ2) is 11.9. The zero-order valence-corrected chi connectivity index (χ0v) is 26.3. The standard InChI is InChI=1S/C45H30F2O/c1-3-29(18-17-28(2)33-23-34(46)27-35(47)24-33)31-19-21-42-40(25-31)41-26-32(20-22-43(41)48-42)45-38-15-9-7-13-36(38)44(30-11-5-4-6-12-30)37-14-8-10-16-39(37)45/h3-27H,1H2,2H3/b28-17+,29-18+. The lowest BCUT2D eigenvalue weighted by atomic mass is 9.86. The van der Waals surface area contributed by atoms with Crippen LogP contribution in [0.25, 0.3) is 76.9 Å². The van der Waals surface area contributed by atoms with Gasteiger partial charge in [0.05, 0.1) is 0 Å². The minimum absolute atomic E-state index is 0.493. The molecule has 1 nitrogen and oxygen atoms in total. The smallest absolute Gasteiger partial charge is 0.135 e. The molecule has 0 aliphatic carbocycles. The molecule has 230 valence electrons. The molecule has 0 unspecified atom stereocenters. The zero-order chi connectivity index (χ0) is 32.8. The van der Waals surface area contributed by atoms with Crippen molar-refractivity contribution in [3.8, 4) is 22.3 Å². The van der Waals surface area contributed by atoms with Crippen LogP contribution in [0.4, 0.5) is 8.78 Å². The topological polar surface area (TPSA) is 13.1 Å². The van der Waals surface area contributed by atoms with Gasteiger partial charge in [0, 0.05) is 16.8 Å². The molecular formula is C45H30F2O. The third-order valence-electron chi connectivity index (χ3n) is 9.14. The summed E-state index contributed by atoms with van der Waals surface area (Å²) in [5.41, 5.74) is 9.42. The zero-order valence-electron chi connectivity index (χ0n) is 26.3. The first kappa shape index (κ1) is 29.3. The first-order chi connectivity index (χ1) is 23.5. The Balaban J connectivity index is 1.29. The molecule has 3 heteroatoms. The highest BCUT2D eigenvalue weighted by atomic mass is 19.1. The summed E-state index contributed by atoms with van der Waals surface area (Å²) in [5.74, 6) is -1.20. The van der Waals surface area contributed by atoms with Crippen molar-refractivity contribution in [1.82, 2.24) is 0 Å². The van der Waals surface area contributed by atoms with Crippen molar-refractivity contribution in [3.05, 3.63) is 181 Å². The summed E-state index contributed by atoms with van der Waals surface area (Å²) in [6.45, 7) is 5.88. The normalized spacial score (nSPS) is 12.4. The van der Waals surface area contributed by atoms with E-state index < -0.39 is 11.6 Å². The van der Waals surface area contributed by atoms with E-state index in [4.69, 9.17) is 4.42 Å². The molecule has 0 atom stereocenters. The Labute approximate surface area is 277 Å². The van der Waals surface area contributed by atoms with Crippen LogP contribution in [0.15, 0.2) is 163 Å². The minimum atomic E-state index is -0.601.